The third-order valence-corrected chi connectivity index (χ3v) is 2.76. The Morgan fingerprint density at radius 1 is 1.30 bits per heavy atom. The molecule has 0 saturated carbocycles. The molecule has 0 spiro atoms. The third kappa shape index (κ3) is 4.12. The van der Waals surface area contributed by atoms with Crippen LogP contribution in [-0.2, 0) is 4.79 Å². The van der Waals surface area contributed by atoms with Gasteiger partial charge in [-0.15, -0.1) is 0 Å². The number of carbonyl (C=O) groups excluding carboxylic acids is 1. The second kappa shape index (κ2) is 7.33. The molecule has 0 aliphatic carbocycles. The molecule has 0 atom stereocenters. The number of hydrogen-bond donors (Lipinski definition) is 2. The van der Waals surface area contributed by atoms with Crippen LogP contribution in [0, 0.1) is 21.4 Å². The Kier molecular flexibility index (Phi) is 4.99. The number of carbonyl (C=O) groups is 1. The van der Waals surface area contributed by atoms with Gasteiger partial charge in [0, 0.05) is 18.5 Å². The highest BCUT2D eigenvalue weighted by atomic mass is 16.6. The van der Waals surface area contributed by atoms with Crippen molar-refractivity contribution in [3.63, 3.8) is 0 Å². The minimum absolute atomic E-state index is 0.0185. The number of benzene rings is 1. The molecular formula is C15H11N5O3. The summed E-state index contributed by atoms with van der Waals surface area (Å²) in [4.78, 5) is 26.2. The number of rotatable bonds is 5. The molecule has 0 aliphatic rings. The van der Waals surface area contributed by atoms with Gasteiger partial charge in [-0.2, -0.15) is 5.26 Å². The van der Waals surface area contributed by atoms with Crippen molar-refractivity contribution in [3.05, 3.63) is 70.7 Å². The molecule has 0 aliphatic heterocycles. The Labute approximate surface area is 131 Å². The van der Waals surface area contributed by atoms with E-state index in [9.17, 15) is 14.9 Å². The van der Waals surface area contributed by atoms with E-state index in [1.807, 2.05) is 0 Å². The third-order valence-electron chi connectivity index (χ3n) is 2.76. The van der Waals surface area contributed by atoms with Crippen molar-refractivity contribution in [3.8, 4) is 6.07 Å². The minimum Gasteiger partial charge on any atom is -0.359 e. The number of aromatic nitrogens is 1. The predicted molar refractivity (Wildman–Crippen MR) is 83.3 cm³/mol. The molecule has 2 aromatic rings. The van der Waals surface area contributed by atoms with Crippen LogP contribution in [0.4, 0.5) is 17.1 Å². The van der Waals surface area contributed by atoms with Crippen LogP contribution in [-0.4, -0.2) is 15.8 Å². The van der Waals surface area contributed by atoms with E-state index < -0.39 is 10.8 Å². The van der Waals surface area contributed by atoms with Crippen molar-refractivity contribution in [2.24, 2.45) is 0 Å². The highest BCUT2D eigenvalue weighted by molar-refractivity contribution is 6.07. The Morgan fingerprint density at radius 2 is 2.09 bits per heavy atom. The zero-order valence-electron chi connectivity index (χ0n) is 11.8. The van der Waals surface area contributed by atoms with Crippen molar-refractivity contribution in [2.75, 3.05) is 10.6 Å². The summed E-state index contributed by atoms with van der Waals surface area (Å²) in [7, 11) is 0. The first-order valence-corrected chi connectivity index (χ1v) is 6.43. The standard InChI is InChI=1S/C15H11N5O3/c16-8-11(9-18-12-4-3-7-17-10-12)15(21)19-13-5-1-2-6-14(13)20(22)23/h1-7,9-10,18H,(H,19,21)/b11-9-. The van der Waals surface area contributed by atoms with Gasteiger partial charge >= 0.3 is 0 Å². The van der Waals surface area contributed by atoms with Crippen LogP contribution >= 0.6 is 0 Å². The number of amides is 1. The number of hydrogen-bond acceptors (Lipinski definition) is 6. The Balaban J connectivity index is 2.15. The van der Waals surface area contributed by atoms with Gasteiger partial charge in [0.2, 0.25) is 0 Å². The van der Waals surface area contributed by atoms with E-state index in [4.69, 9.17) is 5.26 Å². The van der Waals surface area contributed by atoms with Crippen molar-refractivity contribution in [2.45, 2.75) is 0 Å². The molecule has 2 rings (SSSR count). The van der Waals surface area contributed by atoms with Crippen molar-refractivity contribution in [1.82, 2.24) is 4.98 Å². The highest BCUT2D eigenvalue weighted by Gasteiger charge is 2.17. The molecule has 114 valence electrons. The van der Waals surface area contributed by atoms with Crippen LogP contribution in [0.3, 0.4) is 0 Å². The summed E-state index contributed by atoms with van der Waals surface area (Å²) in [6, 6.07) is 10.8. The molecule has 1 aromatic carbocycles. The average molecular weight is 309 g/mol. The first-order valence-electron chi connectivity index (χ1n) is 6.43. The smallest absolute Gasteiger partial charge is 0.292 e. The molecule has 0 radical (unpaired) electrons. The summed E-state index contributed by atoms with van der Waals surface area (Å²) in [5, 5.41) is 25.1. The Morgan fingerprint density at radius 3 is 2.74 bits per heavy atom. The fraction of sp³-hybridized carbons (Fsp3) is 0. The quantitative estimate of drug-likeness (QED) is 0.379. The summed E-state index contributed by atoms with van der Waals surface area (Å²) in [6.45, 7) is 0. The lowest BCUT2D eigenvalue weighted by atomic mass is 10.2. The molecule has 0 bridgehead atoms. The summed E-state index contributed by atoms with van der Waals surface area (Å²) in [5.41, 5.74) is 0.133. The molecule has 8 heteroatoms. The van der Waals surface area contributed by atoms with E-state index in [1.54, 1.807) is 30.5 Å². The lowest BCUT2D eigenvalue weighted by Gasteiger charge is -2.05. The van der Waals surface area contributed by atoms with E-state index in [0.717, 1.165) is 0 Å². The van der Waals surface area contributed by atoms with Gasteiger partial charge in [-0.05, 0) is 18.2 Å². The maximum atomic E-state index is 12.1. The zero-order valence-corrected chi connectivity index (χ0v) is 11.8. The Bertz CT molecular complexity index is 796. The molecule has 8 nitrogen and oxygen atoms in total. The van der Waals surface area contributed by atoms with E-state index in [0.29, 0.717) is 5.69 Å². The molecule has 1 heterocycles. The van der Waals surface area contributed by atoms with E-state index in [1.165, 1.54) is 30.6 Å². The lowest BCUT2D eigenvalue weighted by Crippen LogP contribution is -2.15. The lowest BCUT2D eigenvalue weighted by molar-refractivity contribution is -0.383. The number of anilines is 2. The van der Waals surface area contributed by atoms with Crippen LogP contribution in [0.25, 0.3) is 0 Å². The van der Waals surface area contributed by atoms with Crippen LogP contribution in [0.2, 0.25) is 0 Å². The van der Waals surface area contributed by atoms with Crippen LogP contribution in [0.1, 0.15) is 0 Å². The highest BCUT2D eigenvalue weighted by Crippen LogP contribution is 2.23. The number of pyridine rings is 1. The van der Waals surface area contributed by atoms with E-state index in [-0.39, 0.29) is 16.9 Å². The monoisotopic (exact) mass is 309 g/mol. The van der Waals surface area contributed by atoms with Gasteiger partial charge in [0.25, 0.3) is 11.6 Å². The summed E-state index contributed by atoms with van der Waals surface area (Å²) in [6.07, 6.45) is 4.31. The molecule has 23 heavy (non-hydrogen) atoms. The normalized spacial score (nSPS) is 10.5. The van der Waals surface area contributed by atoms with Crippen molar-refractivity contribution in [1.29, 1.82) is 5.26 Å². The topological polar surface area (TPSA) is 121 Å². The van der Waals surface area contributed by atoms with Gasteiger partial charge in [0.05, 0.1) is 16.8 Å². The first-order chi connectivity index (χ1) is 11.1. The summed E-state index contributed by atoms with van der Waals surface area (Å²) >= 11 is 0. The van der Waals surface area contributed by atoms with Gasteiger partial charge in [-0.1, -0.05) is 12.1 Å². The number of nitriles is 1. The number of nitrogens with one attached hydrogen (secondary N) is 2. The van der Waals surface area contributed by atoms with Gasteiger partial charge in [0.15, 0.2) is 0 Å². The molecular weight excluding hydrogens is 298 g/mol. The number of nitro groups is 1. The van der Waals surface area contributed by atoms with Gasteiger partial charge < -0.3 is 10.6 Å². The average Bonchev–Trinajstić information content (AvgIpc) is 2.56. The second-order valence-corrected chi connectivity index (χ2v) is 4.28. The fourth-order valence-electron chi connectivity index (χ4n) is 1.68. The summed E-state index contributed by atoms with van der Waals surface area (Å²) < 4.78 is 0. The molecule has 0 saturated heterocycles. The predicted octanol–water partition coefficient (Wildman–Crippen LogP) is 2.45. The molecule has 1 aromatic heterocycles. The SMILES string of the molecule is N#C/C(=C/Nc1cccnc1)C(=O)Nc1ccccc1[N+](=O)[O-]. The van der Waals surface area contributed by atoms with Crippen molar-refractivity contribution >= 4 is 23.0 Å². The number of nitrogens with zero attached hydrogens (tertiary/aromatic N) is 3. The molecule has 0 unspecified atom stereocenters. The number of para-hydroxylation sites is 2. The summed E-state index contributed by atoms with van der Waals surface area (Å²) in [5.74, 6) is -0.752. The minimum atomic E-state index is -0.752. The largest absolute Gasteiger partial charge is 0.359 e. The van der Waals surface area contributed by atoms with Gasteiger partial charge in [-0.3, -0.25) is 19.9 Å². The fourth-order valence-corrected chi connectivity index (χ4v) is 1.68. The van der Waals surface area contributed by atoms with E-state index in [2.05, 4.69) is 15.6 Å². The Hall–Kier alpha value is -3.73. The van der Waals surface area contributed by atoms with Crippen LogP contribution in [0.15, 0.2) is 60.6 Å². The first kappa shape index (κ1) is 15.7. The van der Waals surface area contributed by atoms with E-state index >= 15 is 0 Å². The van der Waals surface area contributed by atoms with Gasteiger partial charge in [-0.25, -0.2) is 0 Å². The van der Waals surface area contributed by atoms with Crippen LogP contribution < -0.4 is 10.6 Å². The molecule has 2 N–H and O–H groups in total. The van der Waals surface area contributed by atoms with Crippen molar-refractivity contribution < 1.29 is 9.72 Å². The zero-order chi connectivity index (χ0) is 16.7. The van der Waals surface area contributed by atoms with Gasteiger partial charge in [0.1, 0.15) is 17.3 Å². The maximum absolute atomic E-state index is 12.1. The molecule has 1 amide bonds. The van der Waals surface area contributed by atoms with Crippen LogP contribution in [0.5, 0.6) is 0 Å². The maximum Gasteiger partial charge on any atom is 0.292 e. The second-order valence-electron chi connectivity index (χ2n) is 4.28. The number of nitro benzene ring substituents is 1. The molecule has 0 fully saturated rings.